The molecule has 1 heterocycles. The molecule has 1 aliphatic heterocycles. The molecule has 0 fully saturated rings. The summed E-state index contributed by atoms with van der Waals surface area (Å²) in [5.41, 5.74) is 9.31. The molecule has 1 atom stereocenters. The van der Waals surface area contributed by atoms with Gasteiger partial charge in [0.25, 0.3) is 5.91 Å². The molecular weight excluding hydrogens is 267 g/mol. The highest BCUT2D eigenvalue weighted by Crippen LogP contribution is 2.34. The van der Waals surface area contributed by atoms with Crippen molar-refractivity contribution in [3.05, 3.63) is 58.9 Å². The summed E-state index contributed by atoms with van der Waals surface area (Å²) in [5.74, 6) is -0.532. The van der Waals surface area contributed by atoms with Crippen molar-refractivity contribution in [2.24, 2.45) is 0 Å². The Kier molecular flexibility index (Phi) is 3.16. The van der Waals surface area contributed by atoms with Gasteiger partial charge in [-0.25, -0.2) is 4.39 Å². The molecule has 1 unspecified atom stereocenters. The Labute approximate surface area is 123 Å². The van der Waals surface area contributed by atoms with Crippen molar-refractivity contribution in [3.63, 3.8) is 0 Å². The predicted octanol–water partition coefficient (Wildman–Crippen LogP) is 3.31. The molecular formula is C17H17FN2O. The Morgan fingerprint density at radius 2 is 2.05 bits per heavy atom. The molecule has 108 valence electrons. The van der Waals surface area contributed by atoms with Crippen molar-refractivity contribution in [2.75, 3.05) is 10.6 Å². The Morgan fingerprint density at radius 3 is 2.76 bits per heavy atom. The van der Waals surface area contributed by atoms with Crippen LogP contribution in [0.5, 0.6) is 0 Å². The van der Waals surface area contributed by atoms with Gasteiger partial charge in [0.05, 0.1) is 0 Å². The molecule has 3 rings (SSSR count). The number of nitrogens with two attached hydrogens (primary N) is 1. The topological polar surface area (TPSA) is 46.3 Å². The van der Waals surface area contributed by atoms with Crippen LogP contribution in [-0.2, 0) is 6.42 Å². The zero-order valence-corrected chi connectivity index (χ0v) is 12.1. The fraction of sp³-hybridized carbons (Fsp3) is 0.235. The first-order chi connectivity index (χ1) is 9.97. The number of aryl methyl sites for hydroxylation is 1. The zero-order chi connectivity index (χ0) is 15.1. The minimum Gasteiger partial charge on any atom is -0.399 e. The second-order valence-corrected chi connectivity index (χ2v) is 5.58. The van der Waals surface area contributed by atoms with Crippen molar-refractivity contribution < 1.29 is 9.18 Å². The van der Waals surface area contributed by atoms with Gasteiger partial charge in [0.1, 0.15) is 5.82 Å². The van der Waals surface area contributed by atoms with E-state index in [1.807, 2.05) is 19.1 Å². The lowest BCUT2D eigenvalue weighted by atomic mass is 10.1. The Hall–Kier alpha value is -2.36. The first-order valence-corrected chi connectivity index (χ1v) is 6.95. The first kappa shape index (κ1) is 13.6. The molecule has 0 saturated heterocycles. The molecule has 0 spiro atoms. The van der Waals surface area contributed by atoms with Crippen molar-refractivity contribution >= 4 is 17.3 Å². The summed E-state index contributed by atoms with van der Waals surface area (Å²) < 4.78 is 13.7. The Morgan fingerprint density at radius 1 is 1.29 bits per heavy atom. The lowest BCUT2D eigenvalue weighted by Gasteiger charge is -2.23. The van der Waals surface area contributed by atoms with E-state index < -0.39 is 0 Å². The van der Waals surface area contributed by atoms with Crippen molar-refractivity contribution in [3.8, 4) is 0 Å². The first-order valence-electron chi connectivity index (χ1n) is 6.95. The fourth-order valence-electron chi connectivity index (χ4n) is 2.83. The Balaban J connectivity index is 2.00. The molecule has 0 saturated carbocycles. The van der Waals surface area contributed by atoms with Crippen LogP contribution in [0.25, 0.3) is 0 Å². The third-order valence-electron chi connectivity index (χ3n) is 3.96. The van der Waals surface area contributed by atoms with E-state index >= 15 is 0 Å². The average molecular weight is 284 g/mol. The van der Waals surface area contributed by atoms with Gasteiger partial charge in [-0.05, 0) is 61.7 Å². The van der Waals surface area contributed by atoms with Crippen LogP contribution in [0.3, 0.4) is 0 Å². The second-order valence-electron chi connectivity index (χ2n) is 5.58. The van der Waals surface area contributed by atoms with Gasteiger partial charge in [-0.1, -0.05) is 6.07 Å². The van der Waals surface area contributed by atoms with Crippen LogP contribution in [0.4, 0.5) is 15.8 Å². The molecule has 0 aliphatic carbocycles. The third kappa shape index (κ3) is 2.27. The summed E-state index contributed by atoms with van der Waals surface area (Å²) in [6.45, 7) is 3.67. The molecule has 0 radical (unpaired) electrons. The van der Waals surface area contributed by atoms with Crippen LogP contribution in [0.2, 0.25) is 0 Å². The van der Waals surface area contributed by atoms with Crippen molar-refractivity contribution in [1.82, 2.24) is 0 Å². The van der Waals surface area contributed by atoms with Gasteiger partial charge in [-0.2, -0.15) is 0 Å². The quantitative estimate of drug-likeness (QED) is 0.817. The summed E-state index contributed by atoms with van der Waals surface area (Å²) in [6.07, 6.45) is 0.764. The predicted molar refractivity (Wildman–Crippen MR) is 82.0 cm³/mol. The number of anilines is 2. The number of amides is 1. The van der Waals surface area contributed by atoms with Crippen LogP contribution in [0, 0.1) is 12.7 Å². The number of rotatable bonds is 1. The number of hydrogen-bond donors (Lipinski definition) is 1. The van der Waals surface area contributed by atoms with E-state index in [1.54, 1.807) is 30.0 Å². The van der Waals surface area contributed by atoms with Crippen molar-refractivity contribution in [2.45, 2.75) is 26.3 Å². The number of halogens is 1. The largest absolute Gasteiger partial charge is 0.399 e. The number of nitrogen functional groups attached to an aromatic ring is 1. The fourth-order valence-corrected chi connectivity index (χ4v) is 2.83. The van der Waals surface area contributed by atoms with Gasteiger partial charge in [0.2, 0.25) is 0 Å². The van der Waals surface area contributed by atoms with E-state index in [4.69, 9.17) is 5.73 Å². The summed E-state index contributed by atoms with van der Waals surface area (Å²) in [5, 5.41) is 0. The standard InChI is InChI=1S/C17H17FN2O/c1-10-3-4-12(9-15(10)18)17(21)20-11(2)7-13-8-14(19)5-6-16(13)20/h3-6,8-9,11H,7,19H2,1-2H3. The second kappa shape index (κ2) is 4.88. The number of benzene rings is 2. The van der Waals surface area contributed by atoms with Crippen LogP contribution in [-0.4, -0.2) is 11.9 Å². The number of hydrogen-bond acceptors (Lipinski definition) is 2. The molecule has 2 aromatic rings. The zero-order valence-electron chi connectivity index (χ0n) is 12.1. The van der Waals surface area contributed by atoms with Crippen LogP contribution in [0.15, 0.2) is 36.4 Å². The van der Waals surface area contributed by atoms with E-state index in [2.05, 4.69) is 0 Å². The summed E-state index contributed by atoms with van der Waals surface area (Å²) in [6, 6.07) is 10.2. The van der Waals surface area contributed by atoms with E-state index in [0.717, 1.165) is 17.7 Å². The molecule has 1 amide bonds. The number of carbonyl (C=O) groups is 1. The lowest BCUT2D eigenvalue weighted by Crippen LogP contribution is -2.35. The maximum Gasteiger partial charge on any atom is 0.258 e. The summed E-state index contributed by atoms with van der Waals surface area (Å²) in [7, 11) is 0. The molecule has 0 bridgehead atoms. The molecule has 0 aromatic heterocycles. The molecule has 21 heavy (non-hydrogen) atoms. The Bertz CT molecular complexity index is 727. The van der Waals surface area contributed by atoms with Crippen LogP contribution < -0.4 is 10.6 Å². The highest BCUT2D eigenvalue weighted by atomic mass is 19.1. The van der Waals surface area contributed by atoms with Crippen LogP contribution in [0.1, 0.15) is 28.4 Å². The monoisotopic (exact) mass is 284 g/mol. The van der Waals surface area contributed by atoms with Gasteiger partial charge < -0.3 is 10.6 Å². The van der Waals surface area contributed by atoms with Gasteiger partial charge >= 0.3 is 0 Å². The third-order valence-corrected chi connectivity index (χ3v) is 3.96. The highest BCUT2D eigenvalue weighted by molar-refractivity contribution is 6.07. The van der Waals surface area contributed by atoms with Gasteiger partial charge in [-0.15, -0.1) is 0 Å². The van der Waals surface area contributed by atoms with E-state index in [1.165, 1.54) is 6.07 Å². The van der Waals surface area contributed by atoms with Gasteiger partial charge in [-0.3, -0.25) is 4.79 Å². The maximum atomic E-state index is 13.7. The molecule has 4 heteroatoms. The van der Waals surface area contributed by atoms with Crippen LogP contribution >= 0.6 is 0 Å². The lowest BCUT2D eigenvalue weighted by molar-refractivity contribution is 0.0981. The summed E-state index contributed by atoms with van der Waals surface area (Å²) >= 11 is 0. The average Bonchev–Trinajstić information content (AvgIpc) is 2.76. The van der Waals surface area contributed by atoms with Gasteiger partial charge in [0, 0.05) is 23.0 Å². The van der Waals surface area contributed by atoms with Crippen molar-refractivity contribution in [1.29, 1.82) is 0 Å². The molecule has 2 aromatic carbocycles. The SMILES string of the molecule is Cc1ccc(C(=O)N2c3ccc(N)cc3CC2C)cc1F. The maximum absolute atomic E-state index is 13.7. The normalized spacial score (nSPS) is 16.9. The minimum absolute atomic E-state index is 0.0404. The molecule has 1 aliphatic rings. The summed E-state index contributed by atoms with van der Waals surface area (Å²) in [4.78, 5) is 14.4. The number of nitrogens with zero attached hydrogens (tertiary/aromatic N) is 1. The van der Waals surface area contributed by atoms with E-state index in [0.29, 0.717) is 16.8 Å². The van der Waals surface area contributed by atoms with E-state index in [9.17, 15) is 9.18 Å². The smallest absolute Gasteiger partial charge is 0.258 e. The molecule has 3 nitrogen and oxygen atoms in total. The van der Waals surface area contributed by atoms with E-state index in [-0.39, 0.29) is 17.8 Å². The minimum atomic E-state index is -0.356. The molecule has 2 N–H and O–H groups in total. The number of carbonyl (C=O) groups excluding carboxylic acids is 1. The van der Waals surface area contributed by atoms with Gasteiger partial charge in [0.15, 0.2) is 0 Å². The highest BCUT2D eigenvalue weighted by Gasteiger charge is 2.31. The number of fused-ring (bicyclic) bond motifs is 1.